The average molecular weight is 156 g/mol. The summed E-state index contributed by atoms with van der Waals surface area (Å²) < 4.78 is 28.2. The first-order valence-electron chi connectivity index (χ1n) is 2.20. The van der Waals surface area contributed by atoms with E-state index < -0.39 is 28.6 Å². The highest BCUT2D eigenvalue weighted by Gasteiger charge is 2.20. The van der Waals surface area contributed by atoms with Crippen molar-refractivity contribution in [1.82, 2.24) is 0 Å². The van der Waals surface area contributed by atoms with E-state index in [1.54, 1.807) is 0 Å². The van der Waals surface area contributed by atoms with E-state index in [-0.39, 0.29) is 0 Å². The Morgan fingerprint density at radius 1 is 1.22 bits per heavy atom. The molecule has 0 rings (SSSR count). The Morgan fingerprint density at radius 2 is 1.56 bits per heavy atom. The summed E-state index contributed by atoms with van der Waals surface area (Å²) in [5, 5.41) is 14.9. The SMILES string of the molecule is O=S(=O)(O)C(CO)CO. The Hall–Kier alpha value is -0.170. The van der Waals surface area contributed by atoms with Crippen LogP contribution in [0.15, 0.2) is 0 Å². The minimum Gasteiger partial charge on any atom is -0.395 e. The van der Waals surface area contributed by atoms with E-state index in [1.807, 2.05) is 0 Å². The van der Waals surface area contributed by atoms with Crippen LogP contribution in [0.1, 0.15) is 0 Å². The number of rotatable bonds is 3. The molecule has 0 radical (unpaired) electrons. The predicted octanol–water partition coefficient (Wildman–Crippen LogP) is -1.77. The summed E-state index contributed by atoms with van der Waals surface area (Å²) in [6.07, 6.45) is 0. The second kappa shape index (κ2) is 3.11. The van der Waals surface area contributed by atoms with Gasteiger partial charge in [-0.05, 0) is 0 Å². The van der Waals surface area contributed by atoms with E-state index in [0.717, 1.165) is 0 Å². The second-order valence-electron chi connectivity index (χ2n) is 1.50. The van der Waals surface area contributed by atoms with Crippen molar-refractivity contribution in [3.8, 4) is 0 Å². The second-order valence-corrected chi connectivity index (χ2v) is 3.20. The lowest BCUT2D eigenvalue weighted by Crippen LogP contribution is -2.27. The van der Waals surface area contributed by atoms with Crippen molar-refractivity contribution >= 4 is 10.1 Å². The Labute approximate surface area is 52.7 Å². The summed E-state index contributed by atoms with van der Waals surface area (Å²) in [6, 6.07) is 0. The third-order valence-electron chi connectivity index (χ3n) is 0.829. The van der Waals surface area contributed by atoms with E-state index in [9.17, 15) is 8.42 Å². The van der Waals surface area contributed by atoms with Crippen LogP contribution in [0.25, 0.3) is 0 Å². The van der Waals surface area contributed by atoms with E-state index in [1.165, 1.54) is 0 Å². The molecule has 5 nitrogen and oxygen atoms in total. The Bertz CT molecular complexity index is 155. The van der Waals surface area contributed by atoms with Gasteiger partial charge in [0.15, 0.2) is 0 Å². The zero-order chi connectivity index (χ0) is 7.49. The van der Waals surface area contributed by atoms with Crippen LogP contribution in [0.4, 0.5) is 0 Å². The molecular formula is C3H8O5S. The van der Waals surface area contributed by atoms with E-state index in [4.69, 9.17) is 14.8 Å². The molecule has 0 spiro atoms. The zero-order valence-electron chi connectivity index (χ0n) is 4.56. The molecule has 0 aliphatic rings. The lowest BCUT2D eigenvalue weighted by atomic mass is 10.5. The van der Waals surface area contributed by atoms with Gasteiger partial charge in [-0.25, -0.2) is 0 Å². The largest absolute Gasteiger partial charge is 0.395 e. The van der Waals surface area contributed by atoms with Crippen molar-refractivity contribution in [2.75, 3.05) is 13.2 Å². The van der Waals surface area contributed by atoms with Gasteiger partial charge in [-0.15, -0.1) is 0 Å². The molecule has 0 saturated heterocycles. The first-order valence-corrected chi connectivity index (χ1v) is 3.70. The van der Waals surface area contributed by atoms with Crippen molar-refractivity contribution in [1.29, 1.82) is 0 Å². The molecular weight excluding hydrogens is 148 g/mol. The van der Waals surface area contributed by atoms with Gasteiger partial charge in [0, 0.05) is 0 Å². The highest BCUT2D eigenvalue weighted by molar-refractivity contribution is 7.86. The van der Waals surface area contributed by atoms with E-state index in [2.05, 4.69) is 0 Å². The molecule has 0 unspecified atom stereocenters. The van der Waals surface area contributed by atoms with Crippen LogP contribution in [-0.4, -0.2) is 41.6 Å². The molecule has 0 bridgehead atoms. The van der Waals surface area contributed by atoms with Crippen molar-refractivity contribution in [3.05, 3.63) is 0 Å². The van der Waals surface area contributed by atoms with Crippen LogP contribution in [0, 0.1) is 0 Å². The molecule has 0 aliphatic carbocycles. The Balaban J connectivity index is 4.14. The molecule has 0 saturated carbocycles. The third-order valence-corrected chi connectivity index (χ3v) is 1.97. The van der Waals surface area contributed by atoms with E-state index in [0.29, 0.717) is 0 Å². The smallest absolute Gasteiger partial charge is 0.272 e. The van der Waals surface area contributed by atoms with Gasteiger partial charge in [0.1, 0.15) is 5.25 Å². The van der Waals surface area contributed by atoms with Gasteiger partial charge < -0.3 is 10.2 Å². The van der Waals surface area contributed by atoms with Crippen molar-refractivity contribution in [2.45, 2.75) is 5.25 Å². The zero-order valence-corrected chi connectivity index (χ0v) is 5.37. The van der Waals surface area contributed by atoms with Gasteiger partial charge in [0.2, 0.25) is 0 Å². The van der Waals surface area contributed by atoms with Crippen molar-refractivity contribution in [3.63, 3.8) is 0 Å². The van der Waals surface area contributed by atoms with Gasteiger partial charge in [-0.1, -0.05) is 0 Å². The summed E-state index contributed by atoms with van der Waals surface area (Å²) in [5.41, 5.74) is 0. The first-order chi connectivity index (χ1) is 4.02. The predicted molar refractivity (Wildman–Crippen MR) is 29.5 cm³/mol. The highest BCUT2D eigenvalue weighted by Crippen LogP contribution is 1.94. The lowest BCUT2D eigenvalue weighted by molar-refractivity contribution is 0.218. The molecule has 0 aromatic heterocycles. The summed E-state index contributed by atoms with van der Waals surface area (Å²) in [7, 11) is -4.27. The van der Waals surface area contributed by atoms with Crippen molar-refractivity contribution in [2.24, 2.45) is 0 Å². The summed E-state index contributed by atoms with van der Waals surface area (Å²) in [5.74, 6) is 0. The topological polar surface area (TPSA) is 94.8 Å². The van der Waals surface area contributed by atoms with E-state index >= 15 is 0 Å². The highest BCUT2D eigenvalue weighted by atomic mass is 32.2. The molecule has 56 valence electrons. The molecule has 0 aromatic rings. The maximum Gasteiger partial charge on any atom is 0.272 e. The maximum atomic E-state index is 10.0. The molecule has 3 N–H and O–H groups in total. The van der Waals surface area contributed by atoms with Gasteiger partial charge >= 0.3 is 0 Å². The fraction of sp³-hybridized carbons (Fsp3) is 1.00. The lowest BCUT2D eigenvalue weighted by Gasteiger charge is -2.04. The monoisotopic (exact) mass is 156 g/mol. The van der Waals surface area contributed by atoms with Crippen LogP contribution in [0.2, 0.25) is 0 Å². The van der Waals surface area contributed by atoms with Crippen LogP contribution in [0.3, 0.4) is 0 Å². The quantitative estimate of drug-likeness (QED) is 0.420. The normalized spacial score (nSPS) is 12.4. The Morgan fingerprint density at radius 3 is 1.56 bits per heavy atom. The molecule has 0 atom stereocenters. The Kier molecular flexibility index (Phi) is 3.06. The van der Waals surface area contributed by atoms with Gasteiger partial charge in [-0.2, -0.15) is 8.42 Å². The molecule has 9 heavy (non-hydrogen) atoms. The maximum absolute atomic E-state index is 10.0. The molecule has 6 heteroatoms. The first kappa shape index (κ1) is 8.83. The molecule has 0 aromatic carbocycles. The fourth-order valence-electron chi connectivity index (χ4n) is 0.246. The van der Waals surface area contributed by atoms with Gasteiger partial charge in [0.25, 0.3) is 10.1 Å². The number of hydrogen-bond acceptors (Lipinski definition) is 4. The number of aliphatic hydroxyl groups is 2. The minimum absolute atomic E-state index is 0.769. The van der Waals surface area contributed by atoms with Crippen LogP contribution < -0.4 is 0 Å². The van der Waals surface area contributed by atoms with Gasteiger partial charge in [0.05, 0.1) is 13.2 Å². The number of hydrogen-bond donors (Lipinski definition) is 3. The standard InChI is InChI=1S/C3H8O5S/c4-1-3(2-5)9(6,7)8/h3-5H,1-2H2,(H,6,7,8). The minimum atomic E-state index is -4.27. The number of aliphatic hydroxyl groups excluding tert-OH is 2. The van der Waals surface area contributed by atoms with Crippen LogP contribution in [0.5, 0.6) is 0 Å². The van der Waals surface area contributed by atoms with Crippen LogP contribution >= 0.6 is 0 Å². The van der Waals surface area contributed by atoms with Gasteiger partial charge in [-0.3, -0.25) is 4.55 Å². The molecule has 0 aliphatic heterocycles. The summed E-state index contributed by atoms with van der Waals surface area (Å²) in [4.78, 5) is 0. The summed E-state index contributed by atoms with van der Waals surface area (Å²) in [6.45, 7) is -1.54. The van der Waals surface area contributed by atoms with Crippen LogP contribution in [-0.2, 0) is 10.1 Å². The molecule has 0 heterocycles. The molecule has 0 fully saturated rings. The average Bonchev–Trinajstić information content (AvgIpc) is 1.65. The summed E-state index contributed by atoms with van der Waals surface area (Å²) >= 11 is 0. The van der Waals surface area contributed by atoms with Crippen molar-refractivity contribution < 1.29 is 23.2 Å². The fourth-order valence-corrected chi connectivity index (χ4v) is 0.623. The molecule has 0 amide bonds. The third kappa shape index (κ3) is 2.75.